The molecule has 10 heteroatoms. The van der Waals surface area contributed by atoms with Crippen LogP contribution in [0.5, 0.6) is 0 Å². The summed E-state index contributed by atoms with van der Waals surface area (Å²) in [6.07, 6.45) is 4.38. The summed E-state index contributed by atoms with van der Waals surface area (Å²) in [4.78, 5) is 43.1. The molecule has 218 valence electrons. The van der Waals surface area contributed by atoms with Gasteiger partial charge in [-0.3, -0.25) is 14.5 Å². The van der Waals surface area contributed by atoms with E-state index in [1.54, 1.807) is 48.5 Å². The summed E-state index contributed by atoms with van der Waals surface area (Å²) in [5.41, 5.74) is 16.0. The van der Waals surface area contributed by atoms with Crippen LogP contribution in [0.2, 0.25) is 0 Å². The lowest BCUT2D eigenvalue weighted by Crippen LogP contribution is -2.40. The second kappa shape index (κ2) is 13.9. The molecule has 2 aromatic carbocycles. The predicted molar refractivity (Wildman–Crippen MR) is 165 cm³/mol. The van der Waals surface area contributed by atoms with E-state index in [0.29, 0.717) is 46.6 Å². The number of hydrogen-bond donors (Lipinski definition) is 4. The van der Waals surface area contributed by atoms with Crippen LogP contribution in [-0.4, -0.2) is 73.0 Å². The van der Waals surface area contributed by atoms with Crippen molar-refractivity contribution >= 4 is 41.0 Å². The second-order valence-corrected chi connectivity index (χ2v) is 10.9. The number of rotatable bonds is 7. The first kappa shape index (κ1) is 31.3. The van der Waals surface area contributed by atoms with E-state index in [4.69, 9.17) is 11.5 Å². The Morgan fingerprint density at radius 1 is 1.05 bits per heavy atom. The molecule has 0 unspecified atom stereocenters. The molecule has 0 aromatic heterocycles. The molecule has 41 heavy (non-hydrogen) atoms. The first-order valence-corrected chi connectivity index (χ1v) is 13.6. The third-order valence-electron chi connectivity index (χ3n) is 7.55. The maximum Gasteiger partial charge on any atom is 0.255 e. The van der Waals surface area contributed by atoms with Crippen LogP contribution in [0.3, 0.4) is 0 Å². The van der Waals surface area contributed by atoms with Gasteiger partial charge in [0, 0.05) is 40.7 Å². The number of amides is 2. The summed E-state index contributed by atoms with van der Waals surface area (Å²) in [6, 6.07) is 13.7. The quantitative estimate of drug-likeness (QED) is 0.176. The van der Waals surface area contributed by atoms with Gasteiger partial charge in [-0.05, 0) is 102 Å². The number of piperidine rings is 1. The predicted octanol–water partition coefficient (Wildman–Crippen LogP) is 3.52. The molecule has 2 aromatic rings. The second-order valence-electron chi connectivity index (χ2n) is 10.9. The maximum atomic E-state index is 12.6. The van der Waals surface area contributed by atoms with E-state index in [1.165, 1.54) is 6.08 Å². The van der Waals surface area contributed by atoms with Gasteiger partial charge in [-0.2, -0.15) is 0 Å². The number of amidine groups is 1. The largest absolute Gasteiger partial charge is 0.400 e. The number of carbonyl (C=O) groups excluding carboxylic acids is 3. The van der Waals surface area contributed by atoms with E-state index in [-0.39, 0.29) is 17.4 Å². The highest BCUT2D eigenvalue weighted by Gasteiger charge is 2.36. The van der Waals surface area contributed by atoms with Gasteiger partial charge in [-0.15, -0.1) is 0 Å². The van der Waals surface area contributed by atoms with Crippen molar-refractivity contribution in [3.63, 3.8) is 0 Å². The van der Waals surface area contributed by atoms with Gasteiger partial charge < -0.3 is 31.8 Å². The number of hydrogen-bond acceptors (Lipinski definition) is 7. The fraction of sp³-hybridized carbons (Fsp3) is 0.355. The number of aliphatic imine (C=N–C) groups is 1. The normalized spacial score (nSPS) is 17.8. The number of likely N-dealkylation sites (N-methyl/N-ethyl adjacent to an activating group) is 1. The highest BCUT2D eigenvalue weighted by atomic mass is 16.2. The molecule has 0 aliphatic carbocycles. The zero-order valence-corrected chi connectivity index (χ0v) is 24.3. The van der Waals surface area contributed by atoms with Gasteiger partial charge in [0.25, 0.3) is 5.91 Å². The van der Waals surface area contributed by atoms with E-state index in [0.717, 1.165) is 37.8 Å². The minimum Gasteiger partial charge on any atom is -0.400 e. The third kappa shape index (κ3) is 8.36. The van der Waals surface area contributed by atoms with E-state index in [2.05, 4.69) is 39.1 Å². The summed E-state index contributed by atoms with van der Waals surface area (Å²) in [5, 5.41) is 5.48. The van der Waals surface area contributed by atoms with Gasteiger partial charge in [0.1, 0.15) is 12.1 Å². The van der Waals surface area contributed by atoms with Gasteiger partial charge in [0.2, 0.25) is 5.91 Å². The Morgan fingerprint density at radius 2 is 1.71 bits per heavy atom. The molecule has 0 radical (unpaired) electrons. The van der Waals surface area contributed by atoms with Crippen molar-refractivity contribution in [1.29, 1.82) is 0 Å². The average Bonchev–Trinajstić information content (AvgIpc) is 3.16. The first-order chi connectivity index (χ1) is 19.4. The van der Waals surface area contributed by atoms with E-state index < -0.39 is 0 Å². The molecular formula is C31H41N7O3. The number of nitrogens with one attached hydrogen (secondary N) is 2. The van der Waals surface area contributed by atoms with Crippen LogP contribution in [0.1, 0.15) is 37.0 Å². The number of carbonyl (C=O) groups is 3. The van der Waals surface area contributed by atoms with Crippen LogP contribution < -0.4 is 22.1 Å². The molecular weight excluding hydrogens is 518 g/mol. The van der Waals surface area contributed by atoms with Crippen molar-refractivity contribution < 1.29 is 14.4 Å². The van der Waals surface area contributed by atoms with Crippen molar-refractivity contribution in [2.45, 2.75) is 32.2 Å². The van der Waals surface area contributed by atoms with E-state index >= 15 is 0 Å². The topological polar surface area (TPSA) is 146 Å². The number of likely N-dealkylation sites (tertiary alicyclic amines) is 1. The molecule has 2 aliphatic rings. The molecule has 1 saturated heterocycles. The van der Waals surface area contributed by atoms with Crippen LogP contribution >= 0.6 is 0 Å². The molecule has 0 saturated carbocycles. The Morgan fingerprint density at radius 3 is 2.27 bits per heavy atom. The van der Waals surface area contributed by atoms with Gasteiger partial charge in [0.05, 0.1) is 11.2 Å². The molecule has 10 nitrogen and oxygen atoms in total. The SMILES string of the molecule is C=CC(=O)Nc1ccc(C(=O)Nc2cccc(N=C(N)C3=C(N)C(C)(C)N(C)C3)c2)cc1.CN1CCC(C=O)CC1. The summed E-state index contributed by atoms with van der Waals surface area (Å²) >= 11 is 0. The van der Waals surface area contributed by atoms with Crippen LogP contribution in [-0.2, 0) is 9.59 Å². The number of aldehydes is 1. The Labute approximate surface area is 242 Å². The van der Waals surface area contributed by atoms with E-state index in [9.17, 15) is 14.4 Å². The highest BCUT2D eigenvalue weighted by Crippen LogP contribution is 2.30. The monoisotopic (exact) mass is 559 g/mol. The standard InChI is InChI=1S/C24H28N6O2.C7H13NO/c1-5-20(31)27-16-11-9-15(10-12-16)23(32)29-18-8-6-7-17(13-18)28-22(26)19-14-30(4)24(2,3)21(19)25;1-8-4-2-7(6-9)3-5-8/h5-13H,1,14,25H2,2-4H3,(H2,26,28)(H,27,31)(H,29,32);6-7H,2-5H2,1H3. The zero-order valence-electron chi connectivity index (χ0n) is 24.3. The molecule has 0 bridgehead atoms. The lowest BCUT2D eigenvalue weighted by Gasteiger charge is -2.28. The van der Waals surface area contributed by atoms with Crippen molar-refractivity contribution in [3.8, 4) is 0 Å². The first-order valence-electron chi connectivity index (χ1n) is 13.6. The van der Waals surface area contributed by atoms with Crippen LogP contribution in [0.15, 0.2) is 77.4 Å². The number of nitrogens with two attached hydrogens (primary N) is 2. The molecule has 1 fully saturated rings. The van der Waals surface area contributed by atoms with Crippen LogP contribution in [0, 0.1) is 5.92 Å². The lowest BCUT2D eigenvalue weighted by atomic mass is 9.99. The van der Waals surface area contributed by atoms with Gasteiger partial charge in [0.15, 0.2) is 0 Å². The summed E-state index contributed by atoms with van der Waals surface area (Å²) < 4.78 is 0. The molecule has 2 heterocycles. The van der Waals surface area contributed by atoms with Gasteiger partial charge in [-0.1, -0.05) is 12.6 Å². The Kier molecular flexibility index (Phi) is 10.6. The number of anilines is 2. The summed E-state index contributed by atoms with van der Waals surface area (Å²) in [6.45, 7) is 10.3. The van der Waals surface area contributed by atoms with Crippen LogP contribution in [0.25, 0.3) is 0 Å². The highest BCUT2D eigenvalue weighted by molar-refractivity contribution is 6.05. The van der Waals surface area contributed by atoms with Crippen molar-refractivity contribution in [2.75, 3.05) is 44.4 Å². The van der Waals surface area contributed by atoms with Crippen molar-refractivity contribution in [2.24, 2.45) is 22.4 Å². The van der Waals surface area contributed by atoms with Crippen molar-refractivity contribution in [3.05, 3.63) is 78.0 Å². The van der Waals surface area contributed by atoms with E-state index in [1.807, 2.05) is 20.9 Å². The molecule has 0 atom stereocenters. The fourth-order valence-corrected chi connectivity index (χ4v) is 4.44. The Bertz CT molecular complexity index is 1320. The van der Waals surface area contributed by atoms with Crippen LogP contribution in [0.4, 0.5) is 17.1 Å². The zero-order chi connectivity index (χ0) is 30.2. The molecule has 2 amide bonds. The number of benzene rings is 2. The lowest BCUT2D eigenvalue weighted by molar-refractivity contribution is -0.112. The number of nitrogens with zero attached hydrogens (tertiary/aromatic N) is 3. The third-order valence-corrected chi connectivity index (χ3v) is 7.55. The molecule has 2 aliphatic heterocycles. The Hall–Kier alpha value is -4.28. The van der Waals surface area contributed by atoms with Crippen molar-refractivity contribution in [1.82, 2.24) is 9.80 Å². The molecule has 4 rings (SSSR count). The molecule has 0 spiro atoms. The summed E-state index contributed by atoms with van der Waals surface area (Å²) in [5.74, 6) is 0.109. The minimum atomic E-state index is -0.316. The van der Waals surface area contributed by atoms with Gasteiger partial charge >= 0.3 is 0 Å². The fourth-order valence-electron chi connectivity index (χ4n) is 4.44. The smallest absolute Gasteiger partial charge is 0.255 e. The minimum absolute atomic E-state index is 0.282. The van der Waals surface area contributed by atoms with Gasteiger partial charge in [-0.25, -0.2) is 4.99 Å². The Balaban J connectivity index is 0.000000436. The maximum absolute atomic E-state index is 12.6. The average molecular weight is 560 g/mol. The molecule has 6 N–H and O–H groups in total. The summed E-state index contributed by atoms with van der Waals surface area (Å²) in [7, 11) is 4.09.